The van der Waals surface area contributed by atoms with Crippen molar-refractivity contribution in [1.29, 1.82) is 0 Å². The largest absolute Gasteiger partial charge is 0.313 e. The maximum Gasteiger partial charge on any atom is 0.263 e. The number of rotatable bonds is 5. The maximum absolute atomic E-state index is 15.0. The highest BCUT2D eigenvalue weighted by atomic mass is 79.9. The Morgan fingerprint density at radius 1 is 0.730 bits per heavy atom. The normalized spacial score (nSPS) is 11.7. The second-order valence-corrected chi connectivity index (χ2v) is 12.7. The van der Waals surface area contributed by atoms with Gasteiger partial charge in [0, 0.05) is 43.9 Å². The summed E-state index contributed by atoms with van der Waals surface area (Å²) in [6.45, 7) is 0. The number of pyridine rings is 2. The van der Waals surface area contributed by atoms with Gasteiger partial charge in [0.25, 0.3) is 5.56 Å². The van der Waals surface area contributed by atoms with Crippen molar-refractivity contribution < 1.29 is 4.57 Å². The van der Waals surface area contributed by atoms with Crippen molar-refractivity contribution in [2.24, 2.45) is 0 Å². The third-order valence-electron chi connectivity index (χ3n) is 6.64. The van der Waals surface area contributed by atoms with Crippen molar-refractivity contribution in [1.82, 2.24) is 9.55 Å². The minimum Gasteiger partial charge on any atom is -0.313 e. The molecular formula is C31H22BrN2O2P. The lowest BCUT2D eigenvalue weighted by molar-refractivity contribution is 0.585. The van der Waals surface area contributed by atoms with Gasteiger partial charge in [-0.15, -0.1) is 0 Å². The van der Waals surface area contributed by atoms with Crippen LogP contribution in [0.25, 0.3) is 27.4 Å². The average molecular weight is 565 g/mol. The van der Waals surface area contributed by atoms with Crippen LogP contribution in [-0.4, -0.2) is 9.55 Å². The molecule has 0 bridgehead atoms. The number of benzene rings is 4. The van der Waals surface area contributed by atoms with Crippen molar-refractivity contribution >= 4 is 55.4 Å². The summed E-state index contributed by atoms with van der Waals surface area (Å²) in [7, 11) is -3.16. The summed E-state index contributed by atoms with van der Waals surface area (Å²) in [4.78, 5) is 18.7. The highest BCUT2D eigenvalue weighted by Gasteiger charge is 2.30. The van der Waals surface area contributed by atoms with Crippen LogP contribution in [0.3, 0.4) is 0 Å². The zero-order chi connectivity index (χ0) is 25.4. The first kappa shape index (κ1) is 23.6. The SMILES string of the molecule is O=c1c2ccc(Br)cc2cc(CP(=O)(c2ccccc2)c2ccccc2)n1-c1cccc2cccnc12. The molecular weight excluding hydrogens is 543 g/mol. The monoisotopic (exact) mass is 564 g/mol. The lowest BCUT2D eigenvalue weighted by Gasteiger charge is -2.23. The molecule has 2 aromatic heterocycles. The van der Waals surface area contributed by atoms with Crippen molar-refractivity contribution in [2.45, 2.75) is 6.16 Å². The van der Waals surface area contributed by atoms with Gasteiger partial charge in [0.15, 0.2) is 0 Å². The van der Waals surface area contributed by atoms with Crippen molar-refractivity contribution in [3.05, 3.63) is 142 Å². The highest BCUT2D eigenvalue weighted by Crippen LogP contribution is 2.47. The van der Waals surface area contributed by atoms with Gasteiger partial charge < -0.3 is 4.57 Å². The molecule has 4 aromatic carbocycles. The second kappa shape index (κ2) is 9.59. The molecule has 6 heteroatoms. The van der Waals surface area contributed by atoms with Crippen molar-refractivity contribution in [3.63, 3.8) is 0 Å². The van der Waals surface area contributed by atoms with E-state index >= 15 is 4.57 Å². The van der Waals surface area contributed by atoms with Crippen LogP contribution in [-0.2, 0) is 10.7 Å². The minimum atomic E-state index is -3.16. The zero-order valence-corrected chi connectivity index (χ0v) is 22.3. The van der Waals surface area contributed by atoms with Crippen LogP contribution < -0.4 is 16.2 Å². The summed E-state index contributed by atoms with van der Waals surface area (Å²) < 4.78 is 17.6. The van der Waals surface area contributed by atoms with Crippen LogP contribution in [0.2, 0.25) is 0 Å². The molecule has 0 aliphatic carbocycles. The fourth-order valence-electron chi connectivity index (χ4n) is 4.89. The molecule has 0 fully saturated rings. The first-order chi connectivity index (χ1) is 18.0. The summed E-state index contributed by atoms with van der Waals surface area (Å²) in [5, 5.41) is 3.83. The highest BCUT2D eigenvalue weighted by molar-refractivity contribution is 9.10. The van der Waals surface area contributed by atoms with E-state index in [1.54, 1.807) is 10.8 Å². The van der Waals surface area contributed by atoms with Crippen LogP contribution in [0.1, 0.15) is 5.69 Å². The standard InChI is InChI=1S/C31H22BrN2O2P/c32-24-16-17-28-23(19-24)20-25(34(31(28)35)29-15-7-9-22-10-8-18-33-30(22)29)21-37(36,26-11-3-1-4-12-26)27-13-5-2-6-14-27/h1-20H,21H2. The molecule has 0 aliphatic heterocycles. The first-order valence-corrected chi connectivity index (χ1v) is 14.6. The number of hydrogen-bond donors (Lipinski definition) is 0. The molecule has 0 saturated heterocycles. The van der Waals surface area contributed by atoms with Crippen LogP contribution in [0, 0.1) is 0 Å². The van der Waals surface area contributed by atoms with E-state index in [9.17, 15) is 4.79 Å². The predicted octanol–water partition coefficient (Wildman–Crippen LogP) is 6.82. The summed E-state index contributed by atoms with van der Waals surface area (Å²) >= 11 is 3.54. The average Bonchev–Trinajstić information content (AvgIpc) is 2.94. The lowest BCUT2D eigenvalue weighted by Crippen LogP contribution is -2.25. The van der Waals surface area contributed by atoms with Gasteiger partial charge in [0.2, 0.25) is 0 Å². The Morgan fingerprint density at radius 2 is 1.41 bits per heavy atom. The number of nitrogens with zero attached hydrogens (tertiary/aromatic N) is 2. The number of halogens is 1. The topological polar surface area (TPSA) is 52.0 Å². The van der Waals surface area contributed by atoms with E-state index in [0.717, 1.165) is 31.4 Å². The Hall–Kier alpha value is -3.79. The summed E-state index contributed by atoms with van der Waals surface area (Å²) in [5.41, 5.74) is 1.91. The molecule has 2 heterocycles. The molecule has 0 unspecified atom stereocenters. The van der Waals surface area contributed by atoms with Gasteiger partial charge in [0.05, 0.1) is 11.2 Å². The van der Waals surface area contributed by atoms with E-state index in [4.69, 9.17) is 0 Å². The van der Waals surface area contributed by atoms with Gasteiger partial charge in [-0.25, -0.2) is 0 Å². The van der Waals surface area contributed by atoms with E-state index in [-0.39, 0.29) is 11.7 Å². The Kier molecular flexibility index (Phi) is 6.11. The van der Waals surface area contributed by atoms with E-state index < -0.39 is 7.14 Å². The number of aromatic nitrogens is 2. The fraction of sp³-hybridized carbons (Fsp3) is 0.0323. The van der Waals surface area contributed by atoms with Gasteiger partial charge in [-0.3, -0.25) is 14.3 Å². The van der Waals surface area contributed by atoms with Crippen LogP contribution in [0.15, 0.2) is 131 Å². The summed E-state index contributed by atoms with van der Waals surface area (Å²) in [6, 6.07) is 36.4. The molecule has 0 aliphatic rings. The zero-order valence-electron chi connectivity index (χ0n) is 19.8. The van der Waals surface area contributed by atoms with E-state index in [1.165, 1.54) is 0 Å². The number of fused-ring (bicyclic) bond motifs is 2. The van der Waals surface area contributed by atoms with E-state index in [1.807, 2.05) is 115 Å². The van der Waals surface area contributed by atoms with Gasteiger partial charge in [-0.05, 0) is 41.8 Å². The number of para-hydroxylation sites is 1. The molecule has 0 spiro atoms. The third kappa shape index (κ3) is 4.25. The molecule has 4 nitrogen and oxygen atoms in total. The van der Waals surface area contributed by atoms with Crippen molar-refractivity contribution in [3.8, 4) is 5.69 Å². The summed E-state index contributed by atoms with van der Waals surface area (Å²) in [5.74, 6) is 0. The second-order valence-electron chi connectivity index (χ2n) is 8.93. The molecule has 6 rings (SSSR count). The predicted molar refractivity (Wildman–Crippen MR) is 156 cm³/mol. The molecule has 0 radical (unpaired) electrons. The fourth-order valence-corrected chi connectivity index (χ4v) is 7.93. The summed E-state index contributed by atoms with van der Waals surface area (Å²) in [6.07, 6.45) is 1.91. The van der Waals surface area contributed by atoms with E-state index in [0.29, 0.717) is 16.8 Å². The minimum absolute atomic E-state index is 0.161. The molecule has 0 saturated carbocycles. The number of hydrogen-bond acceptors (Lipinski definition) is 3. The molecule has 6 aromatic rings. The van der Waals surface area contributed by atoms with E-state index in [2.05, 4.69) is 20.9 Å². The van der Waals surface area contributed by atoms with Crippen LogP contribution in [0.5, 0.6) is 0 Å². The quantitative estimate of drug-likeness (QED) is 0.216. The Balaban J connectivity index is 1.68. The smallest absolute Gasteiger partial charge is 0.263 e. The van der Waals surface area contributed by atoms with Gasteiger partial charge in [-0.2, -0.15) is 0 Å². The molecule has 0 atom stereocenters. The maximum atomic E-state index is 15.0. The van der Waals surface area contributed by atoms with Crippen LogP contribution in [0.4, 0.5) is 0 Å². The Morgan fingerprint density at radius 3 is 2.11 bits per heavy atom. The van der Waals surface area contributed by atoms with Gasteiger partial charge in [0.1, 0.15) is 7.14 Å². The first-order valence-electron chi connectivity index (χ1n) is 11.9. The Bertz CT molecular complexity index is 1820. The lowest BCUT2D eigenvalue weighted by atomic mass is 10.1. The molecule has 0 amide bonds. The van der Waals surface area contributed by atoms with Gasteiger partial charge in [-0.1, -0.05) is 94.8 Å². The molecule has 37 heavy (non-hydrogen) atoms. The molecule has 180 valence electrons. The van der Waals surface area contributed by atoms with Gasteiger partial charge >= 0.3 is 0 Å². The van der Waals surface area contributed by atoms with Crippen molar-refractivity contribution in [2.75, 3.05) is 0 Å². The third-order valence-corrected chi connectivity index (χ3v) is 10.2. The Labute approximate surface area is 222 Å². The molecule has 0 N–H and O–H groups in total. The van der Waals surface area contributed by atoms with Crippen LogP contribution >= 0.6 is 23.1 Å².